The average Bonchev–Trinajstić information content (AvgIpc) is 2.76. The Kier molecular flexibility index (Phi) is 4.25. The Balaban J connectivity index is 1.86. The van der Waals surface area contributed by atoms with Crippen LogP contribution in [0.2, 0.25) is 0 Å². The molecule has 0 saturated carbocycles. The Morgan fingerprint density at radius 1 is 1.28 bits per heavy atom. The van der Waals surface area contributed by atoms with Crippen molar-refractivity contribution in [3.63, 3.8) is 0 Å². The minimum absolute atomic E-state index is 0.0320. The summed E-state index contributed by atoms with van der Waals surface area (Å²) in [5.74, 6) is 0. The van der Waals surface area contributed by atoms with Gasteiger partial charge in [0.25, 0.3) is 0 Å². The number of nitrogens with zero attached hydrogens (tertiary/aromatic N) is 3. The van der Waals surface area contributed by atoms with Gasteiger partial charge in [-0.25, -0.2) is 9.78 Å². The monoisotopic (exact) mass is 419 g/mol. The number of alkyl halides is 3. The molecular weight excluding hydrogens is 403 g/mol. The van der Waals surface area contributed by atoms with Gasteiger partial charge in [-0.05, 0) is 32.9 Å². The molecule has 1 fully saturated rings. The molecule has 1 aliphatic heterocycles. The number of imidazole rings is 1. The number of aromatic nitrogens is 2. The summed E-state index contributed by atoms with van der Waals surface area (Å²) in [4.78, 5) is 17.5. The summed E-state index contributed by atoms with van der Waals surface area (Å²) in [6.45, 7) is 5.86. The third kappa shape index (κ3) is 3.61. The standard InChI is InChI=1S/C16H17BrF3N3O2/c1-15(2,3)25-14(24)22-6-10(7-22)23-8-21-12-5-9(17)4-11(13(12)23)16(18,19)20/h4-5,8,10H,6-7H2,1-3H3. The highest BCUT2D eigenvalue weighted by molar-refractivity contribution is 9.10. The topological polar surface area (TPSA) is 47.4 Å². The van der Waals surface area contributed by atoms with Crippen molar-refractivity contribution >= 4 is 33.1 Å². The molecule has 0 radical (unpaired) electrons. The molecule has 0 atom stereocenters. The van der Waals surface area contributed by atoms with Crippen LogP contribution in [0.3, 0.4) is 0 Å². The van der Waals surface area contributed by atoms with Crippen LogP contribution >= 0.6 is 15.9 Å². The van der Waals surface area contributed by atoms with Crippen LogP contribution in [0.25, 0.3) is 11.0 Å². The van der Waals surface area contributed by atoms with Crippen molar-refractivity contribution in [3.05, 3.63) is 28.5 Å². The molecule has 1 aromatic heterocycles. The number of likely N-dealkylation sites (tertiary alicyclic amines) is 1. The fourth-order valence-corrected chi connectivity index (χ4v) is 3.18. The summed E-state index contributed by atoms with van der Waals surface area (Å²) < 4.78 is 47.2. The zero-order valence-corrected chi connectivity index (χ0v) is 15.5. The predicted molar refractivity (Wildman–Crippen MR) is 89.3 cm³/mol. The minimum atomic E-state index is -4.49. The molecule has 3 rings (SSSR count). The van der Waals surface area contributed by atoms with Crippen molar-refractivity contribution in [2.75, 3.05) is 13.1 Å². The van der Waals surface area contributed by atoms with Gasteiger partial charge in [-0.2, -0.15) is 13.2 Å². The summed E-state index contributed by atoms with van der Waals surface area (Å²) >= 11 is 3.09. The maximum absolute atomic E-state index is 13.4. The van der Waals surface area contributed by atoms with Crippen LogP contribution in [0.5, 0.6) is 0 Å². The Bertz CT molecular complexity index is 820. The molecule has 0 bridgehead atoms. The maximum atomic E-state index is 13.4. The first-order chi connectivity index (χ1) is 11.5. The first kappa shape index (κ1) is 18.0. The van der Waals surface area contributed by atoms with Crippen LogP contribution < -0.4 is 0 Å². The molecule has 136 valence electrons. The van der Waals surface area contributed by atoms with Crippen LogP contribution in [-0.2, 0) is 10.9 Å². The Labute approximate surface area is 150 Å². The van der Waals surface area contributed by atoms with Crippen molar-refractivity contribution < 1.29 is 22.7 Å². The van der Waals surface area contributed by atoms with E-state index in [9.17, 15) is 18.0 Å². The van der Waals surface area contributed by atoms with Gasteiger partial charge in [-0.3, -0.25) is 0 Å². The molecule has 1 aromatic carbocycles. The van der Waals surface area contributed by atoms with Gasteiger partial charge in [0.2, 0.25) is 0 Å². The van der Waals surface area contributed by atoms with Gasteiger partial charge < -0.3 is 14.2 Å². The number of ether oxygens (including phenoxy) is 1. The van der Waals surface area contributed by atoms with Crippen LogP contribution in [0.4, 0.5) is 18.0 Å². The second kappa shape index (κ2) is 5.89. The van der Waals surface area contributed by atoms with Crippen LogP contribution in [0, 0.1) is 0 Å². The Morgan fingerprint density at radius 2 is 1.92 bits per heavy atom. The van der Waals surface area contributed by atoms with Crippen LogP contribution in [0.15, 0.2) is 22.9 Å². The van der Waals surface area contributed by atoms with Crippen LogP contribution in [0.1, 0.15) is 32.4 Å². The maximum Gasteiger partial charge on any atom is 0.418 e. The highest BCUT2D eigenvalue weighted by Crippen LogP contribution is 2.38. The molecule has 0 unspecified atom stereocenters. The zero-order chi connectivity index (χ0) is 18.6. The number of hydrogen-bond acceptors (Lipinski definition) is 3. The van der Waals surface area contributed by atoms with E-state index < -0.39 is 23.4 Å². The van der Waals surface area contributed by atoms with E-state index in [1.807, 2.05) is 0 Å². The lowest BCUT2D eigenvalue weighted by Gasteiger charge is -2.40. The first-order valence-electron chi connectivity index (χ1n) is 7.67. The zero-order valence-electron chi connectivity index (χ0n) is 13.9. The molecule has 9 heteroatoms. The fourth-order valence-electron chi connectivity index (χ4n) is 2.74. The van der Waals surface area contributed by atoms with Crippen molar-refractivity contribution in [2.45, 2.75) is 38.6 Å². The summed E-state index contributed by atoms with van der Waals surface area (Å²) in [6.07, 6.45) is -3.57. The van der Waals surface area contributed by atoms with E-state index in [2.05, 4.69) is 20.9 Å². The van der Waals surface area contributed by atoms with E-state index in [1.165, 1.54) is 15.8 Å². The van der Waals surface area contributed by atoms with Crippen molar-refractivity contribution in [3.8, 4) is 0 Å². The number of hydrogen-bond donors (Lipinski definition) is 0. The van der Waals surface area contributed by atoms with E-state index in [0.29, 0.717) is 4.47 Å². The highest BCUT2D eigenvalue weighted by Gasteiger charge is 2.39. The van der Waals surface area contributed by atoms with E-state index in [0.717, 1.165) is 6.07 Å². The number of fused-ring (bicyclic) bond motifs is 1. The molecule has 5 nitrogen and oxygen atoms in total. The molecule has 1 aliphatic rings. The summed E-state index contributed by atoms with van der Waals surface area (Å²) in [5, 5.41) is 0. The minimum Gasteiger partial charge on any atom is -0.444 e. The Morgan fingerprint density at radius 3 is 2.48 bits per heavy atom. The lowest BCUT2D eigenvalue weighted by Crippen LogP contribution is -2.52. The van der Waals surface area contributed by atoms with Gasteiger partial charge in [0.15, 0.2) is 0 Å². The Hall–Kier alpha value is -1.77. The van der Waals surface area contributed by atoms with Crippen molar-refractivity contribution in [1.82, 2.24) is 14.5 Å². The molecule has 0 spiro atoms. The van der Waals surface area contributed by atoms with Gasteiger partial charge >= 0.3 is 12.3 Å². The van der Waals surface area contributed by atoms with Crippen molar-refractivity contribution in [2.24, 2.45) is 0 Å². The van der Waals surface area contributed by atoms with E-state index in [-0.39, 0.29) is 30.2 Å². The van der Waals surface area contributed by atoms with Gasteiger partial charge in [-0.1, -0.05) is 15.9 Å². The first-order valence-corrected chi connectivity index (χ1v) is 8.46. The third-order valence-corrected chi connectivity index (χ3v) is 4.30. The SMILES string of the molecule is CC(C)(C)OC(=O)N1CC(n2cnc3cc(Br)cc(C(F)(F)F)c32)C1. The molecule has 1 amide bonds. The van der Waals surface area contributed by atoms with Gasteiger partial charge in [0.1, 0.15) is 5.60 Å². The summed E-state index contributed by atoms with van der Waals surface area (Å²) in [7, 11) is 0. The predicted octanol–water partition coefficient (Wildman–Crippen LogP) is 4.61. The molecule has 25 heavy (non-hydrogen) atoms. The molecule has 1 saturated heterocycles. The number of benzene rings is 1. The normalized spacial score (nSPS) is 16.2. The largest absolute Gasteiger partial charge is 0.444 e. The lowest BCUT2D eigenvalue weighted by atomic mass is 10.1. The molecule has 0 aliphatic carbocycles. The number of rotatable bonds is 1. The van der Waals surface area contributed by atoms with Crippen LogP contribution in [-0.4, -0.2) is 39.2 Å². The number of carbonyl (C=O) groups excluding carboxylic acids is 1. The smallest absolute Gasteiger partial charge is 0.418 e. The molecule has 2 heterocycles. The fraction of sp³-hybridized carbons (Fsp3) is 0.500. The number of carbonyl (C=O) groups is 1. The van der Waals surface area contributed by atoms with Gasteiger partial charge in [0.05, 0.1) is 29.0 Å². The van der Waals surface area contributed by atoms with E-state index in [4.69, 9.17) is 4.74 Å². The van der Waals surface area contributed by atoms with E-state index in [1.54, 1.807) is 26.8 Å². The molecule has 2 aromatic rings. The second-order valence-electron chi connectivity index (χ2n) is 7.01. The quantitative estimate of drug-likeness (QED) is 0.677. The van der Waals surface area contributed by atoms with Gasteiger partial charge in [-0.15, -0.1) is 0 Å². The summed E-state index contributed by atoms with van der Waals surface area (Å²) in [5.41, 5.74) is -1.06. The molecule has 0 N–H and O–H groups in total. The lowest BCUT2D eigenvalue weighted by molar-refractivity contribution is -0.136. The number of amides is 1. The van der Waals surface area contributed by atoms with Crippen molar-refractivity contribution in [1.29, 1.82) is 0 Å². The van der Waals surface area contributed by atoms with Gasteiger partial charge in [0, 0.05) is 17.6 Å². The second-order valence-corrected chi connectivity index (χ2v) is 7.93. The molecular formula is C16H17BrF3N3O2. The average molecular weight is 420 g/mol. The number of halogens is 4. The third-order valence-electron chi connectivity index (χ3n) is 3.85. The summed E-state index contributed by atoms with van der Waals surface area (Å²) in [6, 6.07) is 2.33. The highest BCUT2D eigenvalue weighted by atomic mass is 79.9. The van der Waals surface area contributed by atoms with E-state index >= 15 is 0 Å².